The summed E-state index contributed by atoms with van der Waals surface area (Å²) in [7, 11) is 0. The minimum absolute atomic E-state index is 0. The van der Waals surface area contributed by atoms with Crippen LogP contribution in [0, 0.1) is 27.7 Å². The third-order valence-corrected chi connectivity index (χ3v) is 6.22. The Hall–Kier alpha value is -2.59. The van der Waals surface area contributed by atoms with Gasteiger partial charge in [-0.25, -0.2) is 0 Å². The second kappa shape index (κ2) is 17.4. The molecular weight excluding hydrogens is 532 g/mol. The van der Waals surface area contributed by atoms with E-state index in [0.717, 1.165) is 0 Å². The molecule has 41 heavy (non-hydrogen) atoms. The zero-order valence-corrected chi connectivity index (χ0v) is 28.1. The summed E-state index contributed by atoms with van der Waals surface area (Å²) in [6, 6.07) is 41.3. The van der Waals surface area contributed by atoms with Crippen molar-refractivity contribution < 1.29 is 17.4 Å². The van der Waals surface area contributed by atoms with E-state index in [1.165, 1.54) is 22.3 Å². The summed E-state index contributed by atoms with van der Waals surface area (Å²) in [5.41, 5.74) is 5.32. The first-order valence-corrected chi connectivity index (χ1v) is 14.1. The van der Waals surface area contributed by atoms with E-state index in [1.54, 1.807) is 0 Å². The molecule has 0 aliphatic carbocycles. The molecule has 0 unspecified atom stereocenters. The number of rotatable bonds is 4. The van der Waals surface area contributed by atoms with E-state index in [4.69, 9.17) is 0 Å². The van der Waals surface area contributed by atoms with Crippen LogP contribution < -0.4 is 0 Å². The largest absolute Gasteiger partial charge is 4.00 e. The summed E-state index contributed by atoms with van der Waals surface area (Å²) in [5, 5.41) is 0. The smallest absolute Gasteiger partial charge is 0.333 e. The topological polar surface area (TPSA) is 0 Å². The van der Waals surface area contributed by atoms with Gasteiger partial charge in [0.25, 0.3) is 0 Å². The molecule has 0 saturated heterocycles. The second-order valence-corrected chi connectivity index (χ2v) is 13.0. The molecule has 0 atom stereocenters. The van der Waals surface area contributed by atoms with E-state index in [0.29, 0.717) is 0 Å². The van der Waals surface area contributed by atoms with Crippen LogP contribution in [0.4, 0.5) is 0 Å². The summed E-state index contributed by atoms with van der Waals surface area (Å²) in [4.78, 5) is 0. The molecule has 0 spiro atoms. The minimum atomic E-state index is 0. The zero-order chi connectivity index (χ0) is 30.5. The second-order valence-electron chi connectivity index (χ2n) is 13.0. The summed E-state index contributed by atoms with van der Waals surface area (Å²) in [6.07, 6.45) is 0. The van der Waals surface area contributed by atoms with E-state index in [9.17, 15) is 0 Å². The zero-order valence-electron chi connectivity index (χ0n) is 26.8. The molecule has 0 heterocycles. The molecule has 0 nitrogen and oxygen atoms in total. The van der Waals surface area contributed by atoms with Gasteiger partial charge in [0.15, 0.2) is 0 Å². The van der Waals surface area contributed by atoms with Crippen LogP contribution in [0.1, 0.15) is 77.6 Å². The summed E-state index contributed by atoms with van der Waals surface area (Å²) in [6.45, 7) is 33.1. The van der Waals surface area contributed by atoms with Crippen LogP contribution in [0.5, 0.6) is 0 Å². The number of hydrogen-bond acceptors (Lipinski definition) is 0. The van der Waals surface area contributed by atoms with E-state index in [2.05, 4.69) is 132 Å². The Bertz CT molecular complexity index is 969. The molecular formula is C40H52Cr. The molecule has 0 aliphatic rings. The molecule has 0 fully saturated rings. The van der Waals surface area contributed by atoms with Gasteiger partial charge in [0.05, 0.1) is 0 Å². The fourth-order valence-electron chi connectivity index (χ4n) is 3.56. The molecule has 0 aromatic heterocycles. The van der Waals surface area contributed by atoms with Gasteiger partial charge < -0.3 is 27.7 Å². The molecule has 4 aromatic carbocycles. The standard InChI is InChI=1S/4C10H13.Cr/c4*1-10(2,3)9-7-5-4-6-8-9;/h4*4-8H,1H2,2-3H3;/q4*-1;+4. The van der Waals surface area contributed by atoms with E-state index >= 15 is 0 Å². The Morgan fingerprint density at radius 1 is 0.293 bits per heavy atom. The molecule has 0 radical (unpaired) electrons. The average molecular weight is 585 g/mol. The normalized spacial score (nSPS) is 11.2. The van der Waals surface area contributed by atoms with Crippen molar-refractivity contribution in [3.05, 3.63) is 171 Å². The van der Waals surface area contributed by atoms with Gasteiger partial charge in [-0.2, -0.15) is 0 Å². The van der Waals surface area contributed by atoms with Crippen molar-refractivity contribution in [3.63, 3.8) is 0 Å². The van der Waals surface area contributed by atoms with Crippen LogP contribution in [0.2, 0.25) is 0 Å². The first-order chi connectivity index (χ1) is 18.4. The van der Waals surface area contributed by atoms with Crippen molar-refractivity contribution in [2.75, 3.05) is 0 Å². The van der Waals surface area contributed by atoms with Gasteiger partial charge in [-0.1, -0.05) is 199 Å². The Morgan fingerprint density at radius 2 is 0.415 bits per heavy atom. The van der Waals surface area contributed by atoms with E-state index in [-0.39, 0.29) is 39.0 Å². The molecule has 0 N–H and O–H groups in total. The predicted molar refractivity (Wildman–Crippen MR) is 179 cm³/mol. The summed E-state index contributed by atoms with van der Waals surface area (Å²) in [5.74, 6) is 0. The molecule has 0 amide bonds. The maximum atomic E-state index is 4.04. The van der Waals surface area contributed by atoms with Crippen LogP contribution in [-0.2, 0) is 39.0 Å². The van der Waals surface area contributed by atoms with Crippen LogP contribution in [0.3, 0.4) is 0 Å². The van der Waals surface area contributed by atoms with Gasteiger partial charge in [0.1, 0.15) is 0 Å². The monoisotopic (exact) mass is 584 g/mol. The average Bonchev–Trinajstić information content (AvgIpc) is 2.90. The number of benzene rings is 4. The molecule has 4 aromatic rings. The van der Waals surface area contributed by atoms with Gasteiger partial charge in [-0.3, -0.25) is 0 Å². The fourth-order valence-corrected chi connectivity index (χ4v) is 3.56. The first-order valence-electron chi connectivity index (χ1n) is 14.1. The van der Waals surface area contributed by atoms with Crippen LogP contribution >= 0.6 is 0 Å². The molecule has 1 heteroatoms. The Labute approximate surface area is 264 Å². The summed E-state index contributed by atoms with van der Waals surface area (Å²) >= 11 is 0. The maximum absolute atomic E-state index is 4.04. The molecule has 218 valence electrons. The molecule has 0 aliphatic heterocycles. The maximum Gasteiger partial charge on any atom is 4.00 e. The summed E-state index contributed by atoms with van der Waals surface area (Å²) < 4.78 is 0. The van der Waals surface area contributed by atoms with Crippen molar-refractivity contribution in [2.24, 2.45) is 0 Å². The van der Waals surface area contributed by atoms with Crippen LogP contribution in [0.25, 0.3) is 0 Å². The van der Waals surface area contributed by atoms with Crippen molar-refractivity contribution in [1.82, 2.24) is 0 Å². The molecule has 4 rings (SSSR count). The fraction of sp³-hybridized carbons (Fsp3) is 0.300. The van der Waals surface area contributed by atoms with E-state index in [1.807, 2.05) is 72.8 Å². The quantitative estimate of drug-likeness (QED) is 0.209. The van der Waals surface area contributed by atoms with Gasteiger partial charge in [0, 0.05) is 0 Å². The van der Waals surface area contributed by atoms with Crippen molar-refractivity contribution in [2.45, 2.75) is 77.0 Å². The van der Waals surface area contributed by atoms with Crippen LogP contribution in [0.15, 0.2) is 121 Å². The third-order valence-electron chi connectivity index (χ3n) is 6.22. The third kappa shape index (κ3) is 16.4. The Morgan fingerprint density at radius 3 is 0.488 bits per heavy atom. The van der Waals surface area contributed by atoms with Gasteiger partial charge in [-0.05, 0) is 0 Å². The van der Waals surface area contributed by atoms with Crippen molar-refractivity contribution in [3.8, 4) is 0 Å². The van der Waals surface area contributed by atoms with Gasteiger partial charge in [-0.15, -0.1) is 21.7 Å². The molecule has 0 bridgehead atoms. The molecule has 0 saturated carbocycles. The van der Waals surface area contributed by atoms with E-state index < -0.39 is 0 Å². The predicted octanol–water partition coefficient (Wildman–Crippen LogP) is 11.2. The Balaban J connectivity index is 0.000000516. The van der Waals surface area contributed by atoms with Gasteiger partial charge in [0.2, 0.25) is 0 Å². The minimum Gasteiger partial charge on any atom is -0.333 e. The van der Waals surface area contributed by atoms with Gasteiger partial charge >= 0.3 is 17.4 Å². The Kier molecular flexibility index (Phi) is 16.3. The number of hydrogen-bond donors (Lipinski definition) is 0. The van der Waals surface area contributed by atoms with Crippen molar-refractivity contribution in [1.29, 1.82) is 0 Å². The SMILES string of the molecule is [CH2-]C(C)(C)c1ccccc1.[CH2-]C(C)(C)c1ccccc1.[CH2-]C(C)(C)c1ccccc1.[CH2-]C(C)(C)c1ccccc1.[Cr+4]. The first kappa shape index (κ1) is 38.4. The van der Waals surface area contributed by atoms with Crippen molar-refractivity contribution >= 4 is 0 Å². The van der Waals surface area contributed by atoms with Crippen LogP contribution in [-0.4, -0.2) is 0 Å².